The third kappa shape index (κ3) is 6.23. The number of fused-ring (bicyclic) bond motifs is 1. The number of urea groups is 1. The van der Waals surface area contributed by atoms with E-state index in [9.17, 15) is 4.79 Å². The highest BCUT2D eigenvalue weighted by molar-refractivity contribution is 6.01. The monoisotopic (exact) mass is 533 g/mol. The summed E-state index contributed by atoms with van der Waals surface area (Å²) in [6.07, 6.45) is 0.857. The lowest BCUT2D eigenvalue weighted by molar-refractivity contribution is 0.249. The molecule has 1 heterocycles. The van der Waals surface area contributed by atoms with Crippen molar-refractivity contribution < 1.29 is 4.79 Å². The lowest BCUT2D eigenvalue weighted by atomic mass is 9.80. The van der Waals surface area contributed by atoms with Gasteiger partial charge in [0.1, 0.15) is 0 Å². The summed E-state index contributed by atoms with van der Waals surface area (Å²) in [6, 6.07) is 32.5. The fraction of sp³-hybridized carbons (Fsp3) is 0.361. The van der Waals surface area contributed by atoms with E-state index in [-0.39, 0.29) is 34.9 Å². The second kappa shape index (κ2) is 11.1. The van der Waals surface area contributed by atoms with Crippen LogP contribution in [0.15, 0.2) is 91.0 Å². The number of anilines is 1. The van der Waals surface area contributed by atoms with Gasteiger partial charge in [0.25, 0.3) is 0 Å². The number of carbonyl (C=O) groups is 1. The van der Waals surface area contributed by atoms with E-state index in [1.807, 2.05) is 30.3 Å². The molecule has 0 radical (unpaired) electrons. The maximum absolute atomic E-state index is 13.0. The number of amides is 2. The van der Waals surface area contributed by atoms with Crippen molar-refractivity contribution in [3.8, 4) is 0 Å². The molecule has 2 amide bonds. The summed E-state index contributed by atoms with van der Waals surface area (Å²) in [5, 5.41) is 12.2. The highest BCUT2D eigenvalue weighted by atomic mass is 16.2. The lowest BCUT2D eigenvalue weighted by Gasteiger charge is -2.27. The zero-order chi connectivity index (χ0) is 28.5. The Morgan fingerprint density at radius 2 is 1.30 bits per heavy atom. The number of hydrogen-bond acceptors (Lipinski definition) is 2. The van der Waals surface area contributed by atoms with Gasteiger partial charge in [-0.05, 0) is 51.0 Å². The lowest BCUT2D eigenvalue weighted by Crippen LogP contribution is -2.39. The molecule has 40 heavy (non-hydrogen) atoms. The fourth-order valence-corrected chi connectivity index (χ4v) is 5.85. The van der Waals surface area contributed by atoms with Crippen LogP contribution in [0.2, 0.25) is 0 Å². The molecule has 1 aliphatic rings. The van der Waals surface area contributed by atoms with Gasteiger partial charge in [-0.2, -0.15) is 0 Å². The normalized spacial score (nSPS) is 17.8. The molecule has 4 nitrogen and oxygen atoms in total. The standard InChI is InChI=1S/C36H43N3O/c1-35(2,3)27-18-14-25(15-19-27)33(26-16-20-28(21-17-26)36(4,5)6)32-22-29(23-37-32)38-34(40)39-31-13-9-11-24-10-7-8-12-30(24)31/h7-21,29,32-33,37H,22-23H2,1-6H3,(H2,38,39,40). The van der Waals surface area contributed by atoms with Crippen LogP contribution in [0, 0.1) is 0 Å². The number of carbonyl (C=O) groups excluding carboxylic acids is 1. The van der Waals surface area contributed by atoms with Crippen LogP contribution in [-0.4, -0.2) is 24.7 Å². The van der Waals surface area contributed by atoms with Crippen molar-refractivity contribution in [2.24, 2.45) is 0 Å². The summed E-state index contributed by atoms with van der Waals surface area (Å²) in [7, 11) is 0. The van der Waals surface area contributed by atoms with Gasteiger partial charge in [-0.25, -0.2) is 4.79 Å². The predicted molar refractivity (Wildman–Crippen MR) is 168 cm³/mol. The molecule has 0 spiro atoms. The SMILES string of the molecule is CC(C)(C)c1ccc(C(c2ccc(C(C)(C)C)cc2)C2CC(NC(=O)Nc3cccc4ccccc34)CN2)cc1. The first-order chi connectivity index (χ1) is 19.0. The number of hydrogen-bond donors (Lipinski definition) is 3. The predicted octanol–water partition coefficient (Wildman–Crippen LogP) is 8.12. The van der Waals surface area contributed by atoms with E-state index in [0.717, 1.165) is 29.4 Å². The molecule has 0 saturated carbocycles. The second-order valence-corrected chi connectivity index (χ2v) is 13.3. The van der Waals surface area contributed by atoms with E-state index >= 15 is 0 Å². The Hall–Kier alpha value is -3.63. The Kier molecular flexibility index (Phi) is 7.74. The molecule has 1 saturated heterocycles. The summed E-state index contributed by atoms with van der Waals surface area (Å²) in [4.78, 5) is 13.0. The highest BCUT2D eigenvalue weighted by Gasteiger charge is 2.33. The van der Waals surface area contributed by atoms with Crippen molar-refractivity contribution in [1.82, 2.24) is 10.6 Å². The Labute approximate surface area is 239 Å². The maximum Gasteiger partial charge on any atom is 0.319 e. The van der Waals surface area contributed by atoms with Crippen molar-refractivity contribution in [2.45, 2.75) is 76.8 Å². The first-order valence-electron chi connectivity index (χ1n) is 14.5. The quantitative estimate of drug-likeness (QED) is 0.243. The van der Waals surface area contributed by atoms with Crippen LogP contribution >= 0.6 is 0 Å². The Bertz CT molecular complexity index is 1400. The molecule has 0 aromatic heterocycles. The van der Waals surface area contributed by atoms with Crippen molar-refractivity contribution in [3.05, 3.63) is 113 Å². The Morgan fingerprint density at radius 3 is 1.88 bits per heavy atom. The first-order valence-corrected chi connectivity index (χ1v) is 14.5. The minimum absolute atomic E-state index is 0.0465. The summed E-state index contributed by atoms with van der Waals surface area (Å²) < 4.78 is 0. The minimum atomic E-state index is -0.163. The molecule has 5 rings (SSSR count). The highest BCUT2D eigenvalue weighted by Crippen LogP contribution is 2.35. The van der Waals surface area contributed by atoms with E-state index in [1.165, 1.54) is 22.3 Å². The van der Waals surface area contributed by atoms with Gasteiger partial charge in [0, 0.05) is 29.9 Å². The molecule has 2 unspecified atom stereocenters. The molecule has 4 aromatic rings. The van der Waals surface area contributed by atoms with Crippen LogP contribution in [0.5, 0.6) is 0 Å². The van der Waals surface area contributed by atoms with Gasteiger partial charge in [0.2, 0.25) is 0 Å². The molecule has 0 bridgehead atoms. The molecule has 2 atom stereocenters. The zero-order valence-corrected chi connectivity index (χ0v) is 24.7. The molecule has 4 aromatic carbocycles. The molecule has 1 aliphatic heterocycles. The minimum Gasteiger partial charge on any atom is -0.334 e. The van der Waals surface area contributed by atoms with Crippen molar-refractivity contribution in [1.29, 1.82) is 0 Å². The largest absolute Gasteiger partial charge is 0.334 e. The van der Waals surface area contributed by atoms with Crippen LogP contribution in [0.25, 0.3) is 10.8 Å². The van der Waals surface area contributed by atoms with E-state index in [1.54, 1.807) is 0 Å². The fourth-order valence-electron chi connectivity index (χ4n) is 5.85. The first kappa shape index (κ1) is 27.9. The van der Waals surface area contributed by atoms with E-state index in [0.29, 0.717) is 0 Å². The molecular formula is C36H43N3O. The smallest absolute Gasteiger partial charge is 0.319 e. The summed E-state index contributed by atoms with van der Waals surface area (Å²) >= 11 is 0. The van der Waals surface area contributed by atoms with E-state index in [2.05, 4.69) is 118 Å². The average Bonchev–Trinajstić information content (AvgIpc) is 3.36. The molecule has 4 heteroatoms. The van der Waals surface area contributed by atoms with Crippen LogP contribution < -0.4 is 16.0 Å². The third-order valence-corrected chi connectivity index (χ3v) is 8.21. The molecule has 0 aliphatic carbocycles. The van der Waals surface area contributed by atoms with Crippen molar-refractivity contribution >= 4 is 22.5 Å². The average molecular weight is 534 g/mol. The number of benzene rings is 4. The molecule has 3 N–H and O–H groups in total. The zero-order valence-electron chi connectivity index (χ0n) is 24.7. The number of rotatable bonds is 5. The van der Waals surface area contributed by atoms with Crippen LogP contribution in [0.3, 0.4) is 0 Å². The Balaban J connectivity index is 1.34. The van der Waals surface area contributed by atoms with Crippen LogP contribution in [-0.2, 0) is 10.8 Å². The topological polar surface area (TPSA) is 53.2 Å². The number of nitrogens with one attached hydrogen (secondary N) is 3. The van der Waals surface area contributed by atoms with Crippen molar-refractivity contribution in [3.63, 3.8) is 0 Å². The van der Waals surface area contributed by atoms with Gasteiger partial charge in [-0.3, -0.25) is 0 Å². The summed E-state index contributed by atoms with van der Waals surface area (Å²) in [5.41, 5.74) is 6.32. The van der Waals surface area contributed by atoms with Gasteiger partial charge in [-0.1, -0.05) is 126 Å². The van der Waals surface area contributed by atoms with Crippen LogP contribution in [0.4, 0.5) is 10.5 Å². The third-order valence-electron chi connectivity index (χ3n) is 8.21. The summed E-state index contributed by atoms with van der Waals surface area (Å²) in [5.74, 6) is 0.191. The maximum atomic E-state index is 13.0. The van der Waals surface area contributed by atoms with E-state index < -0.39 is 0 Å². The summed E-state index contributed by atoms with van der Waals surface area (Å²) in [6.45, 7) is 14.3. The van der Waals surface area contributed by atoms with Gasteiger partial charge < -0.3 is 16.0 Å². The molecule has 208 valence electrons. The van der Waals surface area contributed by atoms with Gasteiger partial charge in [0.05, 0.1) is 5.69 Å². The van der Waals surface area contributed by atoms with Crippen molar-refractivity contribution in [2.75, 3.05) is 11.9 Å². The van der Waals surface area contributed by atoms with Crippen LogP contribution in [0.1, 0.15) is 76.1 Å². The van der Waals surface area contributed by atoms with Gasteiger partial charge >= 0.3 is 6.03 Å². The second-order valence-electron chi connectivity index (χ2n) is 13.3. The molecule has 1 fully saturated rings. The molecular weight excluding hydrogens is 490 g/mol. The van der Waals surface area contributed by atoms with Gasteiger partial charge in [0.15, 0.2) is 0 Å². The van der Waals surface area contributed by atoms with Gasteiger partial charge in [-0.15, -0.1) is 0 Å². The Morgan fingerprint density at radius 1 is 0.750 bits per heavy atom. The van der Waals surface area contributed by atoms with E-state index in [4.69, 9.17) is 0 Å².